The van der Waals surface area contributed by atoms with Crippen LogP contribution in [0.1, 0.15) is 27.5 Å². The Bertz CT molecular complexity index is 859. The summed E-state index contributed by atoms with van der Waals surface area (Å²) in [7, 11) is -1.39. The molecule has 0 radical (unpaired) electrons. The van der Waals surface area contributed by atoms with Gasteiger partial charge >= 0.3 is 0 Å². The molecule has 0 aliphatic carbocycles. The van der Waals surface area contributed by atoms with E-state index in [1.165, 1.54) is 16.2 Å². The van der Waals surface area contributed by atoms with Crippen molar-refractivity contribution in [3.05, 3.63) is 45.9 Å². The first-order chi connectivity index (χ1) is 11.8. The van der Waals surface area contributed by atoms with Gasteiger partial charge in [-0.05, 0) is 25.5 Å². The van der Waals surface area contributed by atoms with E-state index in [1.807, 2.05) is 31.2 Å². The first-order valence-corrected chi connectivity index (χ1v) is 10.7. The van der Waals surface area contributed by atoms with Gasteiger partial charge in [0.05, 0.1) is 11.5 Å². The maximum absolute atomic E-state index is 12.5. The molecule has 1 aliphatic rings. The standard InChI is InChI=1S/C17H20N2O4S2/c1-12-3-5-14(6-4-12)23-9-16-18-15(10-24-16)17(20)19(2)13-7-8-25(21,22)11-13/h3-6,10,13H,7-9,11H2,1-2H3. The lowest BCUT2D eigenvalue weighted by Gasteiger charge is -2.22. The number of sulfone groups is 1. The summed E-state index contributed by atoms with van der Waals surface area (Å²) in [6.07, 6.45) is 0.484. The molecule has 1 aromatic heterocycles. The Morgan fingerprint density at radius 3 is 2.72 bits per heavy atom. The number of benzene rings is 1. The Kier molecular flexibility index (Phi) is 5.10. The lowest BCUT2D eigenvalue weighted by molar-refractivity contribution is 0.0742. The van der Waals surface area contributed by atoms with Crippen molar-refractivity contribution < 1.29 is 17.9 Å². The zero-order chi connectivity index (χ0) is 18.0. The van der Waals surface area contributed by atoms with Gasteiger partial charge in [0.15, 0.2) is 9.84 Å². The van der Waals surface area contributed by atoms with Gasteiger partial charge in [-0.2, -0.15) is 0 Å². The molecule has 2 aromatic rings. The maximum Gasteiger partial charge on any atom is 0.273 e. The van der Waals surface area contributed by atoms with E-state index >= 15 is 0 Å². The summed E-state index contributed by atoms with van der Waals surface area (Å²) < 4.78 is 28.8. The Balaban J connectivity index is 1.60. The summed E-state index contributed by atoms with van der Waals surface area (Å²) in [5.74, 6) is 0.673. The van der Waals surface area contributed by atoms with Gasteiger partial charge in [-0.15, -0.1) is 11.3 Å². The molecular formula is C17H20N2O4S2. The first kappa shape index (κ1) is 17.9. The highest BCUT2D eigenvalue weighted by atomic mass is 32.2. The molecule has 0 N–H and O–H groups in total. The van der Waals surface area contributed by atoms with Crippen molar-refractivity contribution in [1.82, 2.24) is 9.88 Å². The van der Waals surface area contributed by atoms with Crippen molar-refractivity contribution in [1.29, 1.82) is 0 Å². The molecular weight excluding hydrogens is 360 g/mol. The van der Waals surface area contributed by atoms with Gasteiger partial charge in [0.2, 0.25) is 0 Å². The number of amides is 1. The average molecular weight is 380 g/mol. The van der Waals surface area contributed by atoms with E-state index in [0.717, 1.165) is 11.3 Å². The van der Waals surface area contributed by atoms with Gasteiger partial charge in [0, 0.05) is 18.5 Å². The third-order valence-electron chi connectivity index (χ3n) is 4.23. The number of carbonyl (C=O) groups is 1. The number of nitrogens with zero attached hydrogens (tertiary/aromatic N) is 2. The molecule has 2 heterocycles. The van der Waals surface area contributed by atoms with Crippen molar-refractivity contribution in [3.8, 4) is 5.75 Å². The number of ether oxygens (including phenoxy) is 1. The molecule has 0 bridgehead atoms. The summed E-state index contributed by atoms with van der Waals surface area (Å²) in [6.45, 7) is 2.30. The highest BCUT2D eigenvalue weighted by molar-refractivity contribution is 7.91. The fourth-order valence-electron chi connectivity index (χ4n) is 2.68. The first-order valence-electron chi connectivity index (χ1n) is 7.95. The molecule has 8 heteroatoms. The molecule has 1 atom stereocenters. The van der Waals surface area contributed by atoms with Crippen molar-refractivity contribution in [2.75, 3.05) is 18.6 Å². The van der Waals surface area contributed by atoms with Crippen molar-refractivity contribution >= 4 is 27.1 Å². The van der Waals surface area contributed by atoms with Crippen LogP contribution in [0.5, 0.6) is 5.75 Å². The summed E-state index contributed by atoms with van der Waals surface area (Å²) >= 11 is 1.36. The summed E-state index contributed by atoms with van der Waals surface area (Å²) in [5.41, 5.74) is 1.49. The predicted octanol–water partition coefficient (Wildman–Crippen LogP) is 2.29. The van der Waals surface area contributed by atoms with Crippen LogP contribution in [-0.4, -0.2) is 48.8 Å². The SMILES string of the molecule is Cc1ccc(OCc2nc(C(=O)N(C)C3CCS(=O)(=O)C3)cs2)cc1. The Labute approximate surface area is 151 Å². The predicted molar refractivity (Wildman–Crippen MR) is 96.8 cm³/mol. The second kappa shape index (κ2) is 7.13. The smallest absolute Gasteiger partial charge is 0.273 e. The lowest BCUT2D eigenvalue weighted by Crippen LogP contribution is -2.38. The van der Waals surface area contributed by atoms with E-state index in [2.05, 4.69) is 4.98 Å². The lowest BCUT2D eigenvalue weighted by atomic mass is 10.2. The van der Waals surface area contributed by atoms with Crippen LogP contribution in [-0.2, 0) is 16.4 Å². The van der Waals surface area contributed by atoms with Crippen molar-refractivity contribution in [2.45, 2.75) is 26.0 Å². The van der Waals surface area contributed by atoms with Crippen molar-refractivity contribution in [2.24, 2.45) is 0 Å². The molecule has 134 valence electrons. The largest absolute Gasteiger partial charge is 0.486 e. The van der Waals surface area contributed by atoms with Gasteiger partial charge in [-0.3, -0.25) is 4.79 Å². The van der Waals surface area contributed by atoms with Crippen LogP contribution in [0.25, 0.3) is 0 Å². The molecule has 25 heavy (non-hydrogen) atoms. The number of aromatic nitrogens is 1. The molecule has 1 saturated heterocycles. The Morgan fingerprint density at radius 2 is 2.08 bits per heavy atom. The molecule has 1 aromatic carbocycles. The molecule has 1 aliphatic heterocycles. The van der Waals surface area contributed by atoms with Gasteiger partial charge in [-0.25, -0.2) is 13.4 Å². The summed E-state index contributed by atoms with van der Waals surface area (Å²) in [5, 5.41) is 2.40. The van der Waals surface area contributed by atoms with Gasteiger partial charge in [0.25, 0.3) is 5.91 Å². The molecule has 1 unspecified atom stereocenters. The van der Waals surface area contributed by atoms with Crippen LogP contribution in [0.2, 0.25) is 0 Å². The second-order valence-corrected chi connectivity index (χ2v) is 9.37. The molecule has 3 rings (SSSR count). The second-order valence-electron chi connectivity index (χ2n) is 6.20. The quantitative estimate of drug-likeness (QED) is 0.795. The van der Waals surface area contributed by atoms with Gasteiger partial charge in [0.1, 0.15) is 23.1 Å². The number of rotatable bonds is 5. The normalized spacial score (nSPS) is 18.9. The van der Waals surface area contributed by atoms with E-state index < -0.39 is 9.84 Å². The number of carbonyl (C=O) groups excluding carboxylic acids is 1. The van der Waals surface area contributed by atoms with E-state index in [9.17, 15) is 13.2 Å². The van der Waals surface area contributed by atoms with Gasteiger partial charge < -0.3 is 9.64 Å². The topological polar surface area (TPSA) is 76.6 Å². The molecule has 1 amide bonds. The summed E-state index contributed by atoms with van der Waals surface area (Å²) in [4.78, 5) is 18.3. The number of aryl methyl sites for hydroxylation is 1. The molecule has 6 nitrogen and oxygen atoms in total. The zero-order valence-electron chi connectivity index (χ0n) is 14.1. The fourth-order valence-corrected chi connectivity index (χ4v) is 5.14. The monoisotopic (exact) mass is 380 g/mol. The van der Waals surface area contributed by atoms with Gasteiger partial charge in [-0.1, -0.05) is 17.7 Å². The molecule has 1 fully saturated rings. The number of hydrogen-bond donors (Lipinski definition) is 0. The summed E-state index contributed by atoms with van der Waals surface area (Å²) in [6, 6.07) is 7.45. The van der Waals surface area contributed by atoms with E-state index in [4.69, 9.17) is 4.74 Å². The molecule has 0 spiro atoms. The van der Waals surface area contributed by atoms with Crippen LogP contribution in [0.4, 0.5) is 0 Å². The Hall–Kier alpha value is -1.93. The maximum atomic E-state index is 12.5. The van der Waals surface area contributed by atoms with Crippen LogP contribution in [0.3, 0.4) is 0 Å². The average Bonchev–Trinajstić information content (AvgIpc) is 3.19. The number of hydrogen-bond acceptors (Lipinski definition) is 6. The van der Waals surface area contributed by atoms with E-state index in [-0.39, 0.29) is 23.5 Å². The minimum absolute atomic E-state index is 0.0305. The highest BCUT2D eigenvalue weighted by Crippen LogP contribution is 2.20. The van der Waals surface area contributed by atoms with E-state index in [0.29, 0.717) is 23.7 Å². The van der Waals surface area contributed by atoms with Crippen LogP contribution in [0.15, 0.2) is 29.6 Å². The van der Waals surface area contributed by atoms with Crippen LogP contribution >= 0.6 is 11.3 Å². The highest BCUT2D eigenvalue weighted by Gasteiger charge is 2.33. The third-order valence-corrected chi connectivity index (χ3v) is 6.80. The van der Waals surface area contributed by atoms with E-state index in [1.54, 1.807) is 12.4 Å². The fraction of sp³-hybridized carbons (Fsp3) is 0.412. The third kappa shape index (κ3) is 4.38. The Morgan fingerprint density at radius 1 is 1.36 bits per heavy atom. The minimum atomic E-state index is -3.03. The number of thiazole rings is 1. The van der Waals surface area contributed by atoms with Crippen molar-refractivity contribution in [3.63, 3.8) is 0 Å². The van der Waals surface area contributed by atoms with Crippen LogP contribution in [0, 0.1) is 6.92 Å². The minimum Gasteiger partial charge on any atom is -0.486 e. The van der Waals surface area contributed by atoms with Crippen LogP contribution < -0.4 is 4.74 Å². The zero-order valence-corrected chi connectivity index (χ0v) is 15.8. The molecule has 0 saturated carbocycles.